The van der Waals surface area contributed by atoms with Crippen LogP contribution in [0.3, 0.4) is 0 Å². The maximum absolute atomic E-state index is 16.1. The van der Waals surface area contributed by atoms with Crippen molar-refractivity contribution in [2.45, 2.75) is 154 Å². The Morgan fingerprint density at radius 1 is 0.932 bits per heavy atom. The summed E-state index contributed by atoms with van der Waals surface area (Å²) in [6.07, 6.45) is 21.1. The number of benzene rings is 1. The number of phenolic OH excluding ortho intramolecular Hbond substituents is 1. The van der Waals surface area contributed by atoms with Gasteiger partial charge in [-0.1, -0.05) is 77.2 Å². The van der Waals surface area contributed by atoms with Gasteiger partial charge in [0.15, 0.2) is 0 Å². The number of alkyl halides is 1. The third-order valence-electron chi connectivity index (χ3n) is 13.3. The number of aliphatic hydroxyl groups is 1. The third kappa shape index (κ3) is 7.03. The summed E-state index contributed by atoms with van der Waals surface area (Å²) < 4.78 is 16.1. The van der Waals surface area contributed by atoms with Gasteiger partial charge in [0.25, 0.3) is 0 Å². The molecule has 5 aliphatic rings. The minimum Gasteiger partial charge on any atom is -0.508 e. The average molecular weight is 610 g/mol. The molecule has 4 saturated carbocycles. The summed E-state index contributed by atoms with van der Waals surface area (Å²) in [6, 6.07) is 5.59. The van der Waals surface area contributed by atoms with E-state index in [-0.39, 0.29) is 23.0 Å². The van der Waals surface area contributed by atoms with Gasteiger partial charge in [-0.25, -0.2) is 4.39 Å². The zero-order valence-electron chi connectivity index (χ0n) is 27.5. The molecule has 1 aromatic rings. The van der Waals surface area contributed by atoms with E-state index in [2.05, 4.69) is 11.8 Å². The van der Waals surface area contributed by atoms with Crippen LogP contribution in [0.1, 0.15) is 146 Å². The summed E-state index contributed by atoms with van der Waals surface area (Å²) >= 11 is 0. The van der Waals surface area contributed by atoms with Gasteiger partial charge in [-0.05, 0) is 116 Å². The molecular formula is C39H60FNO3. The van der Waals surface area contributed by atoms with Gasteiger partial charge in [0.2, 0.25) is 5.91 Å². The first-order chi connectivity index (χ1) is 21.3. The standard InChI is InChI=1S/C39H60FNO3/c1-39-25-34(40)38-32-18-17-31(42)24-30(32)23-29(37(38)33(39)19-20-35(39)43)15-9-4-10-22-41(26-28-13-7-3-8-14-28)36(44)21-16-27-11-5-2-6-12-27/h17-18,24,27-29,33-35,37-38,42-43H,2-16,19-23,25-26H2,1H3/t29-,33+,34+,35+,37+,38+,39+/m1/s1. The van der Waals surface area contributed by atoms with Crippen molar-refractivity contribution in [3.8, 4) is 5.75 Å². The summed E-state index contributed by atoms with van der Waals surface area (Å²) in [5, 5.41) is 21.2. The number of phenols is 1. The first-order valence-corrected chi connectivity index (χ1v) is 18.7. The average Bonchev–Trinajstić information content (AvgIpc) is 3.32. The smallest absolute Gasteiger partial charge is 0.222 e. The molecule has 4 fully saturated rings. The van der Waals surface area contributed by atoms with Gasteiger partial charge in [0, 0.05) is 25.4 Å². The van der Waals surface area contributed by atoms with Gasteiger partial charge >= 0.3 is 0 Å². The van der Waals surface area contributed by atoms with Gasteiger partial charge < -0.3 is 15.1 Å². The normalized spacial score (nSPS) is 34.2. The fraction of sp³-hybridized carbons (Fsp3) is 0.821. The number of hydrogen-bond donors (Lipinski definition) is 2. The number of aromatic hydroxyl groups is 1. The van der Waals surface area contributed by atoms with Crippen molar-refractivity contribution in [3.05, 3.63) is 29.3 Å². The molecule has 6 rings (SSSR count). The molecule has 0 aliphatic heterocycles. The van der Waals surface area contributed by atoms with E-state index < -0.39 is 12.3 Å². The fourth-order valence-electron chi connectivity index (χ4n) is 10.9. The maximum atomic E-state index is 16.1. The van der Waals surface area contributed by atoms with E-state index in [1.165, 1.54) is 64.2 Å². The highest BCUT2D eigenvalue weighted by molar-refractivity contribution is 5.76. The molecule has 1 aromatic carbocycles. The van der Waals surface area contributed by atoms with Crippen molar-refractivity contribution >= 4 is 5.91 Å². The van der Waals surface area contributed by atoms with Crippen molar-refractivity contribution in [1.82, 2.24) is 4.90 Å². The van der Waals surface area contributed by atoms with Crippen molar-refractivity contribution < 1.29 is 19.4 Å². The molecule has 1 amide bonds. The van der Waals surface area contributed by atoms with E-state index in [1.54, 1.807) is 6.07 Å². The number of hydrogen-bond acceptors (Lipinski definition) is 3. The second kappa shape index (κ2) is 14.4. The Morgan fingerprint density at radius 3 is 2.41 bits per heavy atom. The number of unbranched alkanes of at least 4 members (excludes halogenated alkanes) is 2. The highest BCUT2D eigenvalue weighted by Gasteiger charge is 2.59. The molecule has 0 spiro atoms. The maximum Gasteiger partial charge on any atom is 0.222 e. The molecular weight excluding hydrogens is 549 g/mol. The van der Waals surface area contributed by atoms with Crippen molar-refractivity contribution in [2.75, 3.05) is 13.1 Å². The Bertz CT molecular complexity index is 1100. The highest BCUT2D eigenvalue weighted by atomic mass is 19.1. The lowest BCUT2D eigenvalue weighted by atomic mass is 9.51. The predicted octanol–water partition coefficient (Wildman–Crippen LogP) is 9.11. The van der Waals surface area contributed by atoms with Crippen LogP contribution in [0.4, 0.5) is 4.39 Å². The zero-order chi connectivity index (χ0) is 30.7. The Kier molecular flexibility index (Phi) is 10.6. The SMILES string of the molecule is C[C@]12C[C@H](F)[C@@H]3c4ccc(O)cc4C[C@@H](CCCCCN(CC4CCCCC4)C(=O)CCC4CCCCC4)[C@H]3[C@@H]1CC[C@@H]2O. The lowest BCUT2D eigenvalue weighted by Gasteiger charge is -2.54. The molecule has 5 heteroatoms. The van der Waals surface area contributed by atoms with E-state index in [9.17, 15) is 15.0 Å². The minimum atomic E-state index is -0.951. The molecule has 0 heterocycles. The quantitative estimate of drug-likeness (QED) is 0.246. The monoisotopic (exact) mass is 609 g/mol. The molecule has 0 saturated heterocycles. The fourth-order valence-corrected chi connectivity index (χ4v) is 10.9. The molecule has 246 valence electrons. The molecule has 0 aromatic heterocycles. The first kappa shape index (κ1) is 32.3. The summed E-state index contributed by atoms with van der Waals surface area (Å²) in [4.78, 5) is 15.8. The highest BCUT2D eigenvalue weighted by Crippen LogP contribution is 2.63. The van der Waals surface area contributed by atoms with Crippen LogP contribution in [-0.4, -0.2) is 46.4 Å². The van der Waals surface area contributed by atoms with Gasteiger partial charge in [-0.3, -0.25) is 4.79 Å². The number of nitrogens with zero attached hydrogens (tertiary/aromatic N) is 1. The number of fused-ring (bicyclic) bond motifs is 5. The third-order valence-corrected chi connectivity index (χ3v) is 13.3. The van der Waals surface area contributed by atoms with Crippen molar-refractivity contribution in [1.29, 1.82) is 0 Å². The van der Waals surface area contributed by atoms with E-state index in [4.69, 9.17) is 0 Å². The molecule has 0 unspecified atom stereocenters. The molecule has 44 heavy (non-hydrogen) atoms. The Morgan fingerprint density at radius 2 is 1.66 bits per heavy atom. The predicted molar refractivity (Wildman–Crippen MR) is 175 cm³/mol. The van der Waals surface area contributed by atoms with Crippen LogP contribution in [-0.2, 0) is 11.2 Å². The number of halogens is 1. The van der Waals surface area contributed by atoms with Crippen LogP contribution in [0.25, 0.3) is 0 Å². The van der Waals surface area contributed by atoms with E-state index in [0.29, 0.717) is 30.1 Å². The molecule has 7 atom stereocenters. The Labute approximate surface area is 266 Å². The lowest BCUT2D eigenvalue weighted by Crippen LogP contribution is -2.51. The van der Waals surface area contributed by atoms with Crippen LogP contribution < -0.4 is 0 Å². The van der Waals surface area contributed by atoms with Crippen LogP contribution in [0.2, 0.25) is 0 Å². The molecule has 0 bridgehead atoms. The van der Waals surface area contributed by atoms with Crippen molar-refractivity contribution in [2.24, 2.45) is 35.0 Å². The Balaban J connectivity index is 1.07. The van der Waals surface area contributed by atoms with Gasteiger partial charge in [-0.15, -0.1) is 0 Å². The largest absolute Gasteiger partial charge is 0.508 e. The molecule has 4 nitrogen and oxygen atoms in total. The van der Waals surface area contributed by atoms with Gasteiger partial charge in [-0.2, -0.15) is 0 Å². The first-order valence-electron chi connectivity index (χ1n) is 18.7. The van der Waals surface area contributed by atoms with Crippen LogP contribution in [0.15, 0.2) is 18.2 Å². The van der Waals surface area contributed by atoms with E-state index in [0.717, 1.165) is 87.9 Å². The second-order valence-electron chi connectivity index (χ2n) is 16.1. The minimum absolute atomic E-state index is 0.125. The van der Waals surface area contributed by atoms with Gasteiger partial charge in [0.05, 0.1) is 6.10 Å². The van der Waals surface area contributed by atoms with E-state index >= 15 is 4.39 Å². The zero-order valence-corrected chi connectivity index (χ0v) is 27.5. The number of carbonyl (C=O) groups excluding carboxylic acids is 1. The summed E-state index contributed by atoms with van der Waals surface area (Å²) in [6.45, 7) is 3.98. The second-order valence-corrected chi connectivity index (χ2v) is 16.1. The Hall–Kier alpha value is -1.62. The number of amides is 1. The molecule has 0 radical (unpaired) electrons. The van der Waals surface area contributed by atoms with Crippen LogP contribution in [0.5, 0.6) is 5.75 Å². The molecule has 2 N–H and O–H groups in total. The van der Waals surface area contributed by atoms with Crippen molar-refractivity contribution in [3.63, 3.8) is 0 Å². The van der Waals surface area contributed by atoms with Gasteiger partial charge in [0.1, 0.15) is 11.9 Å². The number of rotatable bonds is 11. The molecule has 5 aliphatic carbocycles. The summed E-state index contributed by atoms with van der Waals surface area (Å²) in [7, 11) is 0. The van der Waals surface area contributed by atoms with Crippen LogP contribution >= 0.6 is 0 Å². The summed E-state index contributed by atoms with van der Waals surface area (Å²) in [5.74, 6) is 2.95. The number of carbonyl (C=O) groups is 1. The van der Waals surface area contributed by atoms with Crippen LogP contribution in [0, 0.1) is 35.0 Å². The topological polar surface area (TPSA) is 60.8 Å². The summed E-state index contributed by atoms with van der Waals surface area (Å²) in [5.41, 5.74) is 1.90. The van der Waals surface area contributed by atoms with E-state index in [1.807, 2.05) is 12.1 Å². The number of aliphatic hydroxyl groups excluding tert-OH is 1. The lowest BCUT2D eigenvalue weighted by molar-refractivity contribution is -0.132.